The third kappa shape index (κ3) is 4.83. The summed E-state index contributed by atoms with van der Waals surface area (Å²) in [5, 5.41) is 11.0. The molecule has 1 aromatic carbocycles. The van der Waals surface area contributed by atoms with Crippen molar-refractivity contribution in [2.75, 3.05) is 13.2 Å². The van der Waals surface area contributed by atoms with E-state index in [4.69, 9.17) is 14.6 Å². The van der Waals surface area contributed by atoms with Crippen molar-refractivity contribution in [3.63, 3.8) is 0 Å². The monoisotopic (exact) mass is 372 g/mol. The summed E-state index contributed by atoms with van der Waals surface area (Å²) in [7, 11) is -4.00. The van der Waals surface area contributed by atoms with Crippen molar-refractivity contribution < 1.29 is 32.6 Å². The van der Waals surface area contributed by atoms with Crippen molar-refractivity contribution in [3.8, 4) is 11.5 Å². The van der Waals surface area contributed by atoms with Gasteiger partial charge >= 0.3 is 5.97 Å². The first-order valence-corrected chi connectivity index (χ1v) is 9.14. The second-order valence-corrected chi connectivity index (χ2v) is 7.28. The molecule has 0 aliphatic carbocycles. The van der Waals surface area contributed by atoms with Crippen LogP contribution in [-0.2, 0) is 19.6 Å². The number of carbonyl (C=O) groups is 2. The minimum absolute atomic E-state index is 0.0808. The standard InChI is InChI=1S/C15H20N2O7S/c1-9(14(18)16-10(2)15(19)20)17-25(21,22)11-4-5-12-13(8-11)24-7-3-6-23-12/h4-5,8-10,17H,3,6-7H2,1-2H3,(H,16,18)(H,19,20). The maximum Gasteiger partial charge on any atom is 0.325 e. The Hall–Kier alpha value is -2.33. The Kier molecular flexibility index (Phi) is 5.85. The van der Waals surface area contributed by atoms with Crippen molar-refractivity contribution in [2.45, 2.75) is 37.2 Å². The van der Waals surface area contributed by atoms with Crippen molar-refractivity contribution >= 4 is 21.9 Å². The zero-order valence-electron chi connectivity index (χ0n) is 13.8. The molecule has 2 rings (SSSR count). The number of ether oxygens (including phenoxy) is 2. The number of hydrogen-bond acceptors (Lipinski definition) is 6. The van der Waals surface area contributed by atoms with Gasteiger partial charge < -0.3 is 19.9 Å². The molecule has 138 valence electrons. The van der Waals surface area contributed by atoms with E-state index in [1.54, 1.807) is 0 Å². The van der Waals surface area contributed by atoms with Crippen molar-refractivity contribution in [1.29, 1.82) is 0 Å². The van der Waals surface area contributed by atoms with Gasteiger partial charge in [0.1, 0.15) is 6.04 Å². The van der Waals surface area contributed by atoms with E-state index in [1.165, 1.54) is 32.0 Å². The molecular weight excluding hydrogens is 352 g/mol. The lowest BCUT2D eigenvalue weighted by Crippen LogP contribution is -2.49. The van der Waals surface area contributed by atoms with Crippen molar-refractivity contribution in [3.05, 3.63) is 18.2 Å². The van der Waals surface area contributed by atoms with E-state index in [9.17, 15) is 18.0 Å². The van der Waals surface area contributed by atoms with Crippen molar-refractivity contribution in [1.82, 2.24) is 10.0 Å². The zero-order chi connectivity index (χ0) is 18.6. The molecule has 9 nitrogen and oxygen atoms in total. The Balaban J connectivity index is 2.12. The highest BCUT2D eigenvalue weighted by atomic mass is 32.2. The number of rotatable bonds is 6. The molecule has 1 amide bonds. The molecule has 0 aromatic heterocycles. The predicted molar refractivity (Wildman–Crippen MR) is 87.1 cm³/mol. The second kappa shape index (κ2) is 7.70. The molecule has 0 fully saturated rings. The Bertz CT molecular complexity index is 763. The first-order valence-electron chi connectivity index (χ1n) is 7.66. The van der Waals surface area contributed by atoms with Gasteiger partial charge in [-0.15, -0.1) is 0 Å². The second-order valence-electron chi connectivity index (χ2n) is 5.57. The van der Waals surface area contributed by atoms with Gasteiger partial charge in [0.05, 0.1) is 24.2 Å². The molecule has 1 heterocycles. The molecule has 0 bridgehead atoms. The van der Waals surface area contributed by atoms with Gasteiger partial charge in [-0.25, -0.2) is 8.42 Å². The maximum absolute atomic E-state index is 12.4. The minimum Gasteiger partial charge on any atom is -0.490 e. The number of benzene rings is 1. The summed E-state index contributed by atoms with van der Waals surface area (Å²) in [5.74, 6) is -1.19. The topological polar surface area (TPSA) is 131 Å². The van der Waals surface area contributed by atoms with Gasteiger partial charge in [0.25, 0.3) is 0 Å². The summed E-state index contributed by atoms with van der Waals surface area (Å²) in [4.78, 5) is 22.6. The van der Waals surface area contributed by atoms with Crippen LogP contribution in [0.3, 0.4) is 0 Å². The van der Waals surface area contributed by atoms with Crippen LogP contribution in [0.15, 0.2) is 23.1 Å². The quantitative estimate of drug-likeness (QED) is 0.645. The van der Waals surface area contributed by atoms with Crippen LogP contribution in [0.4, 0.5) is 0 Å². The number of carboxylic acid groups (broad SMARTS) is 1. The molecule has 1 aromatic rings. The molecule has 2 atom stereocenters. The number of nitrogens with one attached hydrogen (secondary N) is 2. The number of amides is 1. The van der Waals surface area contributed by atoms with Crippen LogP contribution in [0.2, 0.25) is 0 Å². The predicted octanol–water partition coefficient (Wildman–Crippen LogP) is 0.104. The van der Waals surface area contributed by atoms with Gasteiger partial charge in [-0.05, 0) is 26.0 Å². The molecule has 1 aliphatic rings. The summed E-state index contributed by atoms with van der Waals surface area (Å²) < 4.78 is 38.0. The molecule has 2 unspecified atom stereocenters. The highest BCUT2D eigenvalue weighted by Gasteiger charge is 2.25. The van der Waals surface area contributed by atoms with E-state index in [1.807, 2.05) is 0 Å². The van der Waals surface area contributed by atoms with Crippen LogP contribution < -0.4 is 19.5 Å². The van der Waals surface area contributed by atoms with Crippen LogP contribution in [0.1, 0.15) is 20.3 Å². The smallest absolute Gasteiger partial charge is 0.325 e. The Morgan fingerprint density at radius 1 is 1.12 bits per heavy atom. The third-order valence-electron chi connectivity index (χ3n) is 3.48. The van der Waals surface area contributed by atoms with Crippen LogP contribution >= 0.6 is 0 Å². The van der Waals surface area contributed by atoms with Gasteiger partial charge in [0, 0.05) is 12.5 Å². The summed E-state index contributed by atoms with van der Waals surface area (Å²) in [6.45, 7) is 3.50. The lowest BCUT2D eigenvalue weighted by molar-refractivity contribution is -0.141. The SMILES string of the molecule is CC(NC(=O)C(C)NS(=O)(=O)c1ccc2c(c1)OCCCO2)C(=O)O. The van der Waals surface area contributed by atoms with E-state index in [-0.39, 0.29) is 4.90 Å². The third-order valence-corrected chi connectivity index (χ3v) is 5.02. The zero-order valence-corrected chi connectivity index (χ0v) is 14.6. The van der Waals surface area contributed by atoms with Gasteiger partial charge in [-0.3, -0.25) is 9.59 Å². The molecule has 1 aliphatic heterocycles. The number of sulfonamides is 1. The van der Waals surface area contributed by atoms with E-state index in [0.29, 0.717) is 31.1 Å². The maximum atomic E-state index is 12.4. The highest BCUT2D eigenvalue weighted by molar-refractivity contribution is 7.89. The molecule has 0 radical (unpaired) electrons. The van der Waals surface area contributed by atoms with Gasteiger partial charge in [0.2, 0.25) is 15.9 Å². The molecule has 0 saturated carbocycles. The number of fused-ring (bicyclic) bond motifs is 1. The van der Waals surface area contributed by atoms with Crippen LogP contribution in [0.5, 0.6) is 11.5 Å². The number of aliphatic carboxylic acids is 1. The fourth-order valence-electron chi connectivity index (χ4n) is 2.07. The lowest BCUT2D eigenvalue weighted by Gasteiger charge is -2.17. The normalized spacial score (nSPS) is 16.4. The highest BCUT2D eigenvalue weighted by Crippen LogP contribution is 2.31. The molecule has 3 N–H and O–H groups in total. The fourth-order valence-corrected chi connectivity index (χ4v) is 3.28. The fraction of sp³-hybridized carbons (Fsp3) is 0.467. The summed E-state index contributed by atoms with van der Waals surface area (Å²) in [6, 6.07) is 1.89. The Labute approximate surface area is 145 Å². The molecule has 25 heavy (non-hydrogen) atoms. The molecule has 0 spiro atoms. The minimum atomic E-state index is -4.00. The molecular formula is C15H20N2O7S. The Morgan fingerprint density at radius 3 is 2.40 bits per heavy atom. The van der Waals surface area contributed by atoms with Crippen LogP contribution in [0.25, 0.3) is 0 Å². The molecule has 10 heteroatoms. The largest absolute Gasteiger partial charge is 0.490 e. The average Bonchev–Trinajstić information content (AvgIpc) is 2.78. The number of carbonyl (C=O) groups excluding carboxylic acids is 1. The average molecular weight is 372 g/mol. The number of carboxylic acids is 1. The molecule has 0 saturated heterocycles. The van der Waals surface area contributed by atoms with Crippen LogP contribution in [-0.4, -0.2) is 50.7 Å². The lowest BCUT2D eigenvalue weighted by atomic mass is 10.3. The van der Waals surface area contributed by atoms with Gasteiger partial charge in [0.15, 0.2) is 11.5 Å². The van der Waals surface area contributed by atoms with E-state index < -0.39 is 34.0 Å². The van der Waals surface area contributed by atoms with E-state index in [2.05, 4.69) is 10.0 Å². The number of hydrogen-bond donors (Lipinski definition) is 3. The summed E-state index contributed by atoms with van der Waals surface area (Å²) >= 11 is 0. The van der Waals surface area contributed by atoms with Crippen LogP contribution in [0, 0.1) is 0 Å². The van der Waals surface area contributed by atoms with Gasteiger partial charge in [-0.1, -0.05) is 0 Å². The van der Waals surface area contributed by atoms with E-state index >= 15 is 0 Å². The van der Waals surface area contributed by atoms with Gasteiger partial charge in [-0.2, -0.15) is 4.72 Å². The van der Waals surface area contributed by atoms with E-state index in [0.717, 1.165) is 0 Å². The first-order chi connectivity index (χ1) is 11.7. The van der Waals surface area contributed by atoms with Crippen molar-refractivity contribution in [2.24, 2.45) is 0 Å². The summed E-state index contributed by atoms with van der Waals surface area (Å²) in [6.07, 6.45) is 0.688. The summed E-state index contributed by atoms with van der Waals surface area (Å²) in [5.41, 5.74) is 0. The first kappa shape index (κ1) is 19.0. The Morgan fingerprint density at radius 2 is 1.76 bits per heavy atom.